The molecule has 0 bridgehead atoms. The fraction of sp³-hybridized carbons (Fsp3) is 0.905. The molecule has 0 saturated carbocycles. The highest BCUT2D eigenvalue weighted by Crippen LogP contribution is 2.19. The van der Waals surface area contributed by atoms with Crippen LogP contribution in [0.1, 0.15) is 412 Å². The first-order chi connectivity index (χ1) is 39.5. The van der Waals surface area contributed by atoms with Gasteiger partial charge in [-0.05, 0) is 51.4 Å². The van der Waals surface area contributed by atoms with E-state index in [9.17, 15) is 14.4 Å². The van der Waals surface area contributed by atoms with E-state index in [2.05, 4.69) is 45.1 Å². The molecule has 0 aromatic carbocycles. The van der Waals surface area contributed by atoms with E-state index in [1.165, 1.54) is 295 Å². The summed E-state index contributed by atoms with van der Waals surface area (Å²) in [7, 11) is 0. The van der Waals surface area contributed by atoms with Gasteiger partial charge in [0, 0.05) is 19.3 Å². The molecule has 0 aromatic heterocycles. The monoisotopic (exact) mass is 1130 g/mol. The first-order valence-corrected chi connectivity index (χ1v) is 36.3. The van der Waals surface area contributed by atoms with Gasteiger partial charge in [-0.25, -0.2) is 0 Å². The number of ether oxygens (including phenoxy) is 3. The third kappa shape index (κ3) is 66.7. The Hall–Kier alpha value is -2.11. The van der Waals surface area contributed by atoms with Crippen LogP contribution in [0.5, 0.6) is 0 Å². The Morgan fingerprint density at radius 3 is 0.713 bits per heavy atom. The third-order valence-corrected chi connectivity index (χ3v) is 16.7. The summed E-state index contributed by atoms with van der Waals surface area (Å²) in [5.41, 5.74) is 0. The smallest absolute Gasteiger partial charge is 0.306 e. The maximum Gasteiger partial charge on any atom is 0.306 e. The Morgan fingerprint density at radius 1 is 0.250 bits per heavy atom. The molecule has 0 heterocycles. The molecule has 0 aliphatic rings. The average molecular weight is 1130 g/mol. The van der Waals surface area contributed by atoms with Crippen molar-refractivity contribution in [3.63, 3.8) is 0 Å². The quantitative estimate of drug-likeness (QED) is 0.0261. The lowest BCUT2D eigenvalue weighted by molar-refractivity contribution is -0.167. The van der Waals surface area contributed by atoms with Gasteiger partial charge in [-0.2, -0.15) is 0 Å². The van der Waals surface area contributed by atoms with Crippen LogP contribution >= 0.6 is 0 Å². The van der Waals surface area contributed by atoms with Crippen molar-refractivity contribution in [2.24, 2.45) is 0 Å². The largest absolute Gasteiger partial charge is 0.462 e. The lowest BCUT2D eigenvalue weighted by atomic mass is 10.0. The lowest BCUT2D eigenvalue weighted by Gasteiger charge is -2.18. The minimum Gasteiger partial charge on any atom is -0.462 e. The molecular weight excluding hydrogens is 985 g/mol. The predicted molar refractivity (Wildman–Crippen MR) is 349 cm³/mol. The number of hydrogen-bond acceptors (Lipinski definition) is 6. The number of rotatable bonds is 68. The van der Waals surface area contributed by atoms with E-state index >= 15 is 0 Å². The van der Waals surface area contributed by atoms with E-state index in [0.29, 0.717) is 19.3 Å². The van der Waals surface area contributed by atoms with Crippen molar-refractivity contribution in [2.75, 3.05) is 13.2 Å². The normalized spacial score (nSPS) is 12.1. The SMILES string of the molecule is CCCCC/C=C\C/C=C\CCCCCCCC(=O)OCC(COC(=O)CCCCCCCCCCCCCCCCCCCCCCCCCCCCCC)OC(=O)CCCCCCCCCCCCCCCCCCCCC. The van der Waals surface area contributed by atoms with E-state index < -0.39 is 6.10 Å². The maximum atomic E-state index is 13.0. The second kappa shape index (κ2) is 69.4. The third-order valence-electron chi connectivity index (χ3n) is 16.7. The predicted octanol–water partition coefficient (Wildman–Crippen LogP) is 25.0. The van der Waals surface area contributed by atoms with E-state index in [1.807, 2.05) is 0 Å². The van der Waals surface area contributed by atoms with Crippen molar-refractivity contribution in [1.29, 1.82) is 0 Å². The van der Waals surface area contributed by atoms with Gasteiger partial charge >= 0.3 is 17.9 Å². The Kier molecular flexibility index (Phi) is 67.6. The molecule has 6 nitrogen and oxygen atoms in total. The van der Waals surface area contributed by atoms with Gasteiger partial charge in [0.15, 0.2) is 6.10 Å². The summed E-state index contributed by atoms with van der Waals surface area (Å²) in [4.78, 5) is 38.4. The van der Waals surface area contributed by atoms with Crippen LogP contribution < -0.4 is 0 Å². The van der Waals surface area contributed by atoms with Crippen molar-refractivity contribution in [1.82, 2.24) is 0 Å². The minimum atomic E-state index is -0.774. The van der Waals surface area contributed by atoms with E-state index in [4.69, 9.17) is 14.2 Å². The lowest BCUT2D eigenvalue weighted by Crippen LogP contribution is -2.30. The van der Waals surface area contributed by atoms with Gasteiger partial charge in [0.05, 0.1) is 0 Å². The van der Waals surface area contributed by atoms with Crippen LogP contribution in [-0.4, -0.2) is 37.2 Å². The van der Waals surface area contributed by atoms with Crippen molar-refractivity contribution < 1.29 is 28.6 Å². The van der Waals surface area contributed by atoms with Crippen LogP contribution in [0, 0.1) is 0 Å². The summed E-state index contributed by atoms with van der Waals surface area (Å²) in [5, 5.41) is 0. The summed E-state index contributed by atoms with van der Waals surface area (Å²) in [6.07, 6.45) is 85.0. The minimum absolute atomic E-state index is 0.0692. The van der Waals surface area contributed by atoms with Crippen molar-refractivity contribution >= 4 is 17.9 Å². The van der Waals surface area contributed by atoms with Gasteiger partial charge in [-0.3, -0.25) is 14.4 Å². The number of carbonyl (C=O) groups is 3. The standard InChI is InChI=1S/C74H140O6/c1-4-7-10-13-16-19-22-25-28-30-32-33-34-35-36-37-38-39-40-42-43-46-49-52-55-58-61-64-67-73(76)79-70-71(69-78-72(75)66-63-60-57-54-51-48-45-27-24-21-18-15-12-9-6-3)80-74(77)68-65-62-59-56-53-50-47-44-41-31-29-26-23-20-17-14-11-8-5-2/h18,21,27,45,71H,4-17,19-20,22-26,28-44,46-70H2,1-3H3/b21-18-,45-27-. The zero-order valence-corrected chi connectivity index (χ0v) is 54.4. The van der Waals surface area contributed by atoms with Crippen molar-refractivity contribution in [3.05, 3.63) is 24.3 Å². The van der Waals surface area contributed by atoms with Gasteiger partial charge in [0.1, 0.15) is 13.2 Å². The molecule has 472 valence electrons. The molecule has 1 atom stereocenters. The summed E-state index contributed by atoms with van der Waals surface area (Å²) in [6.45, 7) is 6.69. The molecule has 0 rings (SSSR count). The molecular formula is C74H140O6. The van der Waals surface area contributed by atoms with Crippen molar-refractivity contribution in [3.8, 4) is 0 Å². The Bertz CT molecular complexity index is 1290. The molecule has 0 aliphatic carbocycles. The van der Waals surface area contributed by atoms with Crippen LogP contribution in [0.2, 0.25) is 0 Å². The number of carbonyl (C=O) groups excluding carboxylic acids is 3. The maximum absolute atomic E-state index is 13.0. The molecule has 80 heavy (non-hydrogen) atoms. The highest BCUT2D eigenvalue weighted by molar-refractivity contribution is 5.71. The van der Waals surface area contributed by atoms with Gasteiger partial charge < -0.3 is 14.2 Å². The highest BCUT2D eigenvalue weighted by Gasteiger charge is 2.19. The Labute approximate surface area is 500 Å². The van der Waals surface area contributed by atoms with Gasteiger partial charge in [-0.1, -0.05) is 366 Å². The van der Waals surface area contributed by atoms with Crippen LogP contribution in [-0.2, 0) is 28.6 Å². The van der Waals surface area contributed by atoms with Gasteiger partial charge in [0.25, 0.3) is 0 Å². The number of esters is 3. The second-order valence-electron chi connectivity index (χ2n) is 24.9. The molecule has 0 N–H and O–H groups in total. The van der Waals surface area contributed by atoms with Crippen LogP contribution in [0.3, 0.4) is 0 Å². The molecule has 0 spiro atoms. The molecule has 0 aliphatic heterocycles. The van der Waals surface area contributed by atoms with Crippen LogP contribution in [0.25, 0.3) is 0 Å². The molecule has 0 radical (unpaired) electrons. The molecule has 1 unspecified atom stereocenters. The van der Waals surface area contributed by atoms with E-state index in [1.54, 1.807) is 0 Å². The van der Waals surface area contributed by atoms with E-state index in [-0.39, 0.29) is 31.1 Å². The summed E-state index contributed by atoms with van der Waals surface area (Å²) in [5.74, 6) is -0.850. The zero-order chi connectivity index (χ0) is 57.8. The Morgan fingerprint density at radius 2 is 0.450 bits per heavy atom. The highest BCUT2D eigenvalue weighted by atomic mass is 16.6. The van der Waals surface area contributed by atoms with Crippen LogP contribution in [0.4, 0.5) is 0 Å². The molecule has 6 heteroatoms. The number of hydrogen-bond donors (Lipinski definition) is 0. The second-order valence-corrected chi connectivity index (χ2v) is 24.9. The topological polar surface area (TPSA) is 78.9 Å². The summed E-state index contributed by atoms with van der Waals surface area (Å²) in [6, 6.07) is 0. The molecule has 0 fully saturated rings. The fourth-order valence-corrected chi connectivity index (χ4v) is 11.2. The molecule has 0 amide bonds. The molecule has 0 saturated heterocycles. The average Bonchev–Trinajstić information content (AvgIpc) is 3.46. The zero-order valence-electron chi connectivity index (χ0n) is 54.4. The summed E-state index contributed by atoms with van der Waals surface area (Å²) >= 11 is 0. The summed E-state index contributed by atoms with van der Waals surface area (Å²) < 4.78 is 17.0. The van der Waals surface area contributed by atoms with Gasteiger partial charge in [-0.15, -0.1) is 0 Å². The van der Waals surface area contributed by atoms with Crippen molar-refractivity contribution in [2.45, 2.75) is 419 Å². The Balaban J connectivity index is 4.20. The first-order valence-electron chi connectivity index (χ1n) is 36.3. The number of allylic oxidation sites excluding steroid dienone is 4. The fourth-order valence-electron chi connectivity index (χ4n) is 11.2. The van der Waals surface area contributed by atoms with E-state index in [0.717, 1.165) is 77.0 Å². The number of unbranched alkanes of at least 4 members (excludes halogenated alkanes) is 53. The van der Waals surface area contributed by atoms with Crippen LogP contribution in [0.15, 0.2) is 24.3 Å². The first kappa shape index (κ1) is 77.9. The molecule has 0 aromatic rings. The van der Waals surface area contributed by atoms with Gasteiger partial charge in [0.2, 0.25) is 0 Å².